The summed E-state index contributed by atoms with van der Waals surface area (Å²) >= 11 is 0. The Bertz CT molecular complexity index is 420. The highest BCUT2D eigenvalue weighted by Crippen LogP contribution is 2.05. The first kappa shape index (κ1) is 14.2. The Balaban J connectivity index is 2.33. The van der Waals surface area contributed by atoms with Crippen molar-refractivity contribution in [3.8, 4) is 6.07 Å². The third kappa shape index (κ3) is 4.56. The van der Waals surface area contributed by atoms with Gasteiger partial charge in [-0.25, -0.2) is 0 Å². The molecule has 0 aliphatic carbocycles. The lowest BCUT2D eigenvalue weighted by Crippen LogP contribution is -2.28. The van der Waals surface area contributed by atoms with Crippen LogP contribution in [0.25, 0.3) is 0 Å². The number of hydrogen-bond acceptors (Lipinski definition) is 3. The Morgan fingerprint density at radius 3 is 2.61 bits per heavy atom. The van der Waals surface area contributed by atoms with E-state index in [9.17, 15) is 4.79 Å². The first-order chi connectivity index (χ1) is 8.67. The number of carbonyl (C=O) groups excluding carboxylic acids is 1. The van der Waals surface area contributed by atoms with E-state index in [0.717, 1.165) is 12.0 Å². The van der Waals surface area contributed by atoms with Crippen molar-refractivity contribution >= 4 is 5.91 Å². The second-order valence-electron chi connectivity index (χ2n) is 4.13. The Morgan fingerprint density at radius 2 is 2.06 bits per heavy atom. The SMILES string of the molecule is CCCC(=O)N(C)COCc1ccc(C#N)cc1. The third-order valence-corrected chi connectivity index (χ3v) is 2.53. The number of carbonyl (C=O) groups is 1. The van der Waals surface area contributed by atoms with Gasteiger partial charge in [-0.2, -0.15) is 5.26 Å². The van der Waals surface area contributed by atoms with Gasteiger partial charge in [0.15, 0.2) is 0 Å². The summed E-state index contributed by atoms with van der Waals surface area (Å²) < 4.78 is 5.44. The lowest BCUT2D eigenvalue weighted by Gasteiger charge is -2.16. The molecule has 0 saturated heterocycles. The van der Waals surface area contributed by atoms with Crippen molar-refractivity contribution in [3.63, 3.8) is 0 Å². The molecule has 0 N–H and O–H groups in total. The van der Waals surface area contributed by atoms with Crippen molar-refractivity contribution in [1.29, 1.82) is 5.26 Å². The van der Waals surface area contributed by atoms with Crippen molar-refractivity contribution in [2.24, 2.45) is 0 Å². The molecular formula is C14H18N2O2. The maximum atomic E-state index is 11.5. The second kappa shape index (κ2) is 7.46. The fraction of sp³-hybridized carbons (Fsp3) is 0.429. The molecule has 96 valence electrons. The molecule has 1 aromatic rings. The van der Waals surface area contributed by atoms with Crippen molar-refractivity contribution in [2.75, 3.05) is 13.8 Å². The molecule has 0 bridgehead atoms. The minimum atomic E-state index is 0.0947. The molecule has 1 rings (SSSR count). The predicted molar refractivity (Wildman–Crippen MR) is 68.5 cm³/mol. The molecule has 4 heteroatoms. The Labute approximate surface area is 108 Å². The van der Waals surface area contributed by atoms with Crippen LogP contribution in [0, 0.1) is 11.3 Å². The van der Waals surface area contributed by atoms with Crippen LogP contribution in [0.2, 0.25) is 0 Å². The maximum absolute atomic E-state index is 11.5. The first-order valence-corrected chi connectivity index (χ1v) is 5.98. The van der Waals surface area contributed by atoms with Crippen molar-refractivity contribution < 1.29 is 9.53 Å². The Kier molecular flexibility index (Phi) is 5.89. The van der Waals surface area contributed by atoms with Crippen LogP contribution in [0.1, 0.15) is 30.9 Å². The molecule has 0 aliphatic rings. The molecule has 0 aliphatic heterocycles. The van der Waals surface area contributed by atoms with E-state index >= 15 is 0 Å². The zero-order chi connectivity index (χ0) is 13.4. The number of benzene rings is 1. The highest BCUT2D eigenvalue weighted by atomic mass is 16.5. The number of ether oxygens (including phenoxy) is 1. The van der Waals surface area contributed by atoms with Gasteiger partial charge in [0.25, 0.3) is 0 Å². The van der Waals surface area contributed by atoms with Gasteiger partial charge in [0.1, 0.15) is 6.73 Å². The minimum absolute atomic E-state index is 0.0947. The summed E-state index contributed by atoms with van der Waals surface area (Å²) in [5.74, 6) is 0.0947. The molecule has 1 amide bonds. The van der Waals surface area contributed by atoms with Crippen molar-refractivity contribution in [1.82, 2.24) is 4.90 Å². The van der Waals surface area contributed by atoms with E-state index in [1.165, 1.54) is 0 Å². The van der Waals surface area contributed by atoms with Crippen LogP contribution in [0.4, 0.5) is 0 Å². The molecule has 4 nitrogen and oxygen atoms in total. The van der Waals surface area contributed by atoms with Gasteiger partial charge in [-0.05, 0) is 24.1 Å². The number of hydrogen-bond donors (Lipinski definition) is 0. The molecule has 18 heavy (non-hydrogen) atoms. The topological polar surface area (TPSA) is 53.3 Å². The summed E-state index contributed by atoms with van der Waals surface area (Å²) in [6, 6.07) is 9.28. The monoisotopic (exact) mass is 246 g/mol. The van der Waals surface area contributed by atoms with Crippen LogP contribution in [0.15, 0.2) is 24.3 Å². The van der Waals surface area contributed by atoms with Gasteiger partial charge in [0, 0.05) is 13.5 Å². The van der Waals surface area contributed by atoms with E-state index < -0.39 is 0 Å². The number of amides is 1. The summed E-state index contributed by atoms with van der Waals surface area (Å²) in [7, 11) is 1.73. The minimum Gasteiger partial charge on any atom is -0.356 e. The normalized spacial score (nSPS) is 9.83. The van der Waals surface area contributed by atoms with Crippen LogP contribution >= 0.6 is 0 Å². The van der Waals surface area contributed by atoms with Crippen LogP contribution in [-0.2, 0) is 16.1 Å². The number of nitriles is 1. The number of rotatable bonds is 6. The van der Waals surface area contributed by atoms with E-state index in [-0.39, 0.29) is 5.91 Å². The predicted octanol–water partition coefficient (Wildman–Crippen LogP) is 2.29. The van der Waals surface area contributed by atoms with Gasteiger partial charge in [-0.1, -0.05) is 19.1 Å². The van der Waals surface area contributed by atoms with E-state index in [2.05, 4.69) is 6.07 Å². The summed E-state index contributed by atoms with van der Waals surface area (Å²) in [5.41, 5.74) is 1.62. The van der Waals surface area contributed by atoms with Gasteiger partial charge in [-0.15, -0.1) is 0 Å². The first-order valence-electron chi connectivity index (χ1n) is 5.98. The van der Waals surface area contributed by atoms with Gasteiger partial charge >= 0.3 is 0 Å². The standard InChI is InChI=1S/C14H18N2O2/c1-3-4-14(17)16(2)11-18-10-13-7-5-12(9-15)6-8-13/h5-8H,3-4,10-11H2,1-2H3. The molecule has 0 heterocycles. The summed E-state index contributed by atoms with van der Waals surface area (Å²) in [6.45, 7) is 2.71. The molecule has 0 radical (unpaired) electrons. The quantitative estimate of drug-likeness (QED) is 0.724. The highest BCUT2D eigenvalue weighted by Gasteiger charge is 2.06. The average molecular weight is 246 g/mol. The molecular weight excluding hydrogens is 228 g/mol. The number of nitrogens with zero attached hydrogens (tertiary/aromatic N) is 2. The smallest absolute Gasteiger partial charge is 0.224 e. The zero-order valence-electron chi connectivity index (χ0n) is 10.8. The Hall–Kier alpha value is -1.86. The van der Waals surface area contributed by atoms with Crippen molar-refractivity contribution in [2.45, 2.75) is 26.4 Å². The summed E-state index contributed by atoms with van der Waals surface area (Å²) in [6.07, 6.45) is 1.40. The molecule has 0 spiro atoms. The fourth-order valence-electron chi connectivity index (χ4n) is 1.45. The van der Waals surface area contributed by atoms with Crippen LogP contribution < -0.4 is 0 Å². The van der Waals surface area contributed by atoms with Gasteiger partial charge in [0.2, 0.25) is 5.91 Å². The van der Waals surface area contributed by atoms with E-state index in [1.54, 1.807) is 24.1 Å². The Morgan fingerprint density at radius 1 is 1.39 bits per heavy atom. The lowest BCUT2D eigenvalue weighted by atomic mass is 10.2. The summed E-state index contributed by atoms with van der Waals surface area (Å²) in [5, 5.41) is 8.66. The van der Waals surface area contributed by atoms with Gasteiger partial charge in [0.05, 0.1) is 18.2 Å². The maximum Gasteiger partial charge on any atom is 0.224 e. The largest absolute Gasteiger partial charge is 0.356 e. The van der Waals surface area contributed by atoms with Gasteiger partial charge in [-0.3, -0.25) is 4.79 Å². The molecule has 0 fully saturated rings. The lowest BCUT2D eigenvalue weighted by molar-refractivity contribution is -0.135. The summed E-state index contributed by atoms with van der Waals surface area (Å²) in [4.78, 5) is 13.1. The van der Waals surface area contributed by atoms with Crippen LogP contribution in [0.5, 0.6) is 0 Å². The fourth-order valence-corrected chi connectivity index (χ4v) is 1.45. The molecule has 1 aromatic carbocycles. The van der Waals surface area contributed by atoms with E-state index in [0.29, 0.717) is 25.3 Å². The average Bonchev–Trinajstić information content (AvgIpc) is 2.39. The molecule has 0 atom stereocenters. The highest BCUT2D eigenvalue weighted by molar-refractivity contribution is 5.75. The third-order valence-electron chi connectivity index (χ3n) is 2.53. The van der Waals surface area contributed by atoms with Crippen molar-refractivity contribution in [3.05, 3.63) is 35.4 Å². The molecule has 0 aromatic heterocycles. The zero-order valence-corrected chi connectivity index (χ0v) is 10.8. The van der Waals surface area contributed by atoms with Gasteiger partial charge < -0.3 is 9.64 Å². The van der Waals surface area contributed by atoms with Crippen LogP contribution in [-0.4, -0.2) is 24.6 Å². The van der Waals surface area contributed by atoms with E-state index in [4.69, 9.17) is 10.00 Å². The molecule has 0 saturated carbocycles. The second-order valence-corrected chi connectivity index (χ2v) is 4.13. The molecule has 0 unspecified atom stereocenters. The van der Waals surface area contributed by atoms with E-state index in [1.807, 2.05) is 19.1 Å². The van der Waals surface area contributed by atoms with Crippen LogP contribution in [0.3, 0.4) is 0 Å².